The summed E-state index contributed by atoms with van der Waals surface area (Å²) < 4.78 is 1.73. The van der Waals surface area contributed by atoms with E-state index in [1.807, 2.05) is 78.9 Å². The topological polar surface area (TPSA) is 59.8 Å². The van der Waals surface area contributed by atoms with Crippen LogP contribution in [0.4, 0.5) is 5.95 Å². The maximum Gasteiger partial charge on any atom is 0.258 e. The highest BCUT2D eigenvalue weighted by atomic mass is 16.1. The first-order chi connectivity index (χ1) is 12.8. The molecule has 0 bridgehead atoms. The molecular formula is C21H16N4O. The fourth-order valence-corrected chi connectivity index (χ4v) is 2.65. The van der Waals surface area contributed by atoms with Crippen LogP contribution in [0.5, 0.6) is 0 Å². The number of aromatic nitrogens is 3. The summed E-state index contributed by atoms with van der Waals surface area (Å²) in [7, 11) is 0. The van der Waals surface area contributed by atoms with Crippen molar-refractivity contribution in [2.75, 3.05) is 5.32 Å². The van der Waals surface area contributed by atoms with Crippen LogP contribution >= 0.6 is 0 Å². The van der Waals surface area contributed by atoms with E-state index >= 15 is 0 Å². The number of hydrogen-bond acceptors (Lipinski definition) is 3. The molecule has 1 N–H and O–H groups in total. The second kappa shape index (κ2) is 7.03. The van der Waals surface area contributed by atoms with Gasteiger partial charge in [-0.3, -0.25) is 10.1 Å². The van der Waals surface area contributed by atoms with Gasteiger partial charge < -0.3 is 0 Å². The molecule has 0 fully saturated rings. The predicted molar refractivity (Wildman–Crippen MR) is 101 cm³/mol. The lowest BCUT2D eigenvalue weighted by Crippen LogP contribution is -2.13. The van der Waals surface area contributed by atoms with Crippen LogP contribution in [0.3, 0.4) is 0 Å². The summed E-state index contributed by atoms with van der Waals surface area (Å²) in [6.07, 6.45) is 0. The summed E-state index contributed by atoms with van der Waals surface area (Å²) in [4.78, 5) is 16.9. The van der Waals surface area contributed by atoms with E-state index in [0.717, 1.165) is 11.3 Å². The molecule has 0 saturated heterocycles. The summed E-state index contributed by atoms with van der Waals surface area (Å²) >= 11 is 0. The predicted octanol–water partition coefficient (Wildman–Crippen LogP) is 4.19. The van der Waals surface area contributed by atoms with E-state index in [1.54, 1.807) is 16.8 Å². The Kier molecular flexibility index (Phi) is 4.26. The summed E-state index contributed by atoms with van der Waals surface area (Å²) in [5.74, 6) is 0.692. The highest BCUT2D eigenvalue weighted by molar-refractivity contribution is 6.03. The zero-order chi connectivity index (χ0) is 17.8. The number of carbonyl (C=O) groups is 1. The monoisotopic (exact) mass is 340 g/mol. The Morgan fingerprint density at radius 1 is 0.769 bits per heavy atom. The lowest BCUT2D eigenvalue weighted by molar-refractivity contribution is 0.102. The molecular weight excluding hydrogens is 324 g/mol. The Morgan fingerprint density at radius 3 is 2.00 bits per heavy atom. The van der Waals surface area contributed by atoms with Gasteiger partial charge in [-0.1, -0.05) is 66.7 Å². The molecule has 0 saturated carbocycles. The first kappa shape index (κ1) is 15.8. The summed E-state index contributed by atoms with van der Waals surface area (Å²) in [6, 6.07) is 28.5. The van der Waals surface area contributed by atoms with Crippen molar-refractivity contribution in [2.24, 2.45) is 0 Å². The minimum atomic E-state index is -0.240. The zero-order valence-electron chi connectivity index (χ0n) is 13.9. The van der Waals surface area contributed by atoms with Crippen LogP contribution in [0.25, 0.3) is 17.1 Å². The molecule has 5 heteroatoms. The van der Waals surface area contributed by atoms with Crippen LogP contribution in [0.15, 0.2) is 91.0 Å². The van der Waals surface area contributed by atoms with Crippen LogP contribution in [-0.4, -0.2) is 20.7 Å². The Balaban J connectivity index is 1.73. The second-order valence-corrected chi connectivity index (χ2v) is 5.69. The number of nitrogens with zero attached hydrogens (tertiary/aromatic N) is 3. The smallest absolute Gasteiger partial charge is 0.258 e. The van der Waals surface area contributed by atoms with Crippen molar-refractivity contribution in [1.29, 1.82) is 0 Å². The maximum absolute atomic E-state index is 12.4. The van der Waals surface area contributed by atoms with Crippen LogP contribution in [0.2, 0.25) is 0 Å². The second-order valence-electron chi connectivity index (χ2n) is 5.69. The normalized spacial score (nSPS) is 10.5. The van der Waals surface area contributed by atoms with Gasteiger partial charge in [-0.25, -0.2) is 4.68 Å². The molecule has 0 aliphatic rings. The maximum atomic E-state index is 12.4. The lowest BCUT2D eigenvalue weighted by Gasteiger charge is -2.05. The molecule has 3 aromatic carbocycles. The third kappa shape index (κ3) is 3.23. The molecule has 0 unspecified atom stereocenters. The quantitative estimate of drug-likeness (QED) is 0.606. The van der Waals surface area contributed by atoms with Crippen molar-refractivity contribution in [3.63, 3.8) is 0 Å². The van der Waals surface area contributed by atoms with E-state index in [-0.39, 0.29) is 11.9 Å². The molecule has 126 valence electrons. The summed E-state index contributed by atoms with van der Waals surface area (Å²) in [5, 5.41) is 7.27. The SMILES string of the molecule is O=C(Nc1nc(-c2ccccc2)n(-c2ccccc2)n1)c1ccccc1. The average Bonchev–Trinajstić information content (AvgIpc) is 3.14. The van der Waals surface area contributed by atoms with Crippen molar-refractivity contribution in [3.8, 4) is 17.1 Å². The number of amides is 1. The van der Waals surface area contributed by atoms with E-state index in [9.17, 15) is 4.79 Å². The fraction of sp³-hybridized carbons (Fsp3) is 0. The number of hydrogen-bond donors (Lipinski definition) is 1. The summed E-state index contributed by atoms with van der Waals surface area (Å²) in [6.45, 7) is 0. The highest BCUT2D eigenvalue weighted by Gasteiger charge is 2.15. The first-order valence-electron chi connectivity index (χ1n) is 8.25. The van der Waals surface area contributed by atoms with Crippen LogP contribution in [0, 0.1) is 0 Å². The molecule has 1 heterocycles. The largest absolute Gasteiger partial charge is 0.289 e. The number of nitrogens with one attached hydrogen (secondary N) is 1. The van der Waals surface area contributed by atoms with Crippen molar-refractivity contribution in [1.82, 2.24) is 14.8 Å². The van der Waals surface area contributed by atoms with Gasteiger partial charge in [0.1, 0.15) is 0 Å². The number of para-hydroxylation sites is 1. The van der Waals surface area contributed by atoms with Crippen LogP contribution in [-0.2, 0) is 0 Å². The van der Waals surface area contributed by atoms with E-state index in [4.69, 9.17) is 0 Å². The molecule has 1 amide bonds. The molecule has 0 aliphatic carbocycles. The van der Waals surface area contributed by atoms with E-state index < -0.39 is 0 Å². The number of rotatable bonds is 4. The van der Waals surface area contributed by atoms with E-state index in [1.165, 1.54) is 0 Å². The van der Waals surface area contributed by atoms with E-state index in [2.05, 4.69) is 15.4 Å². The van der Waals surface area contributed by atoms with Crippen molar-refractivity contribution in [3.05, 3.63) is 96.6 Å². The number of anilines is 1. The molecule has 0 atom stereocenters. The zero-order valence-corrected chi connectivity index (χ0v) is 13.9. The third-order valence-electron chi connectivity index (χ3n) is 3.90. The number of carbonyl (C=O) groups excluding carboxylic acids is 1. The standard InChI is InChI=1S/C21H16N4O/c26-20(17-12-6-2-7-13-17)23-21-22-19(16-10-4-1-5-11-16)25(24-21)18-14-8-3-9-15-18/h1-15H,(H,23,24,26). The molecule has 1 aromatic heterocycles. The molecule has 0 radical (unpaired) electrons. The van der Waals surface area contributed by atoms with Gasteiger partial charge in [0.05, 0.1) is 5.69 Å². The van der Waals surface area contributed by atoms with Gasteiger partial charge in [-0.15, -0.1) is 5.10 Å². The van der Waals surface area contributed by atoms with Gasteiger partial charge in [0.25, 0.3) is 5.91 Å². The number of benzene rings is 3. The van der Waals surface area contributed by atoms with Crippen LogP contribution < -0.4 is 5.32 Å². The Bertz CT molecular complexity index is 955. The first-order valence-corrected chi connectivity index (χ1v) is 8.25. The minimum Gasteiger partial charge on any atom is -0.289 e. The van der Waals surface area contributed by atoms with Crippen LogP contribution in [0.1, 0.15) is 10.4 Å². The van der Waals surface area contributed by atoms with Crippen molar-refractivity contribution >= 4 is 11.9 Å². The minimum absolute atomic E-state index is 0.240. The molecule has 4 aromatic rings. The third-order valence-corrected chi connectivity index (χ3v) is 3.90. The molecule has 0 spiro atoms. The Hall–Kier alpha value is -3.73. The Labute approximate surface area is 151 Å². The van der Waals surface area contributed by atoms with Gasteiger partial charge in [0.2, 0.25) is 5.95 Å². The van der Waals surface area contributed by atoms with Crippen molar-refractivity contribution in [2.45, 2.75) is 0 Å². The van der Waals surface area contributed by atoms with Gasteiger partial charge in [-0.2, -0.15) is 4.98 Å². The van der Waals surface area contributed by atoms with Gasteiger partial charge >= 0.3 is 0 Å². The molecule has 0 aliphatic heterocycles. The molecule has 4 rings (SSSR count). The molecule has 5 nitrogen and oxygen atoms in total. The summed E-state index contributed by atoms with van der Waals surface area (Å²) in [5.41, 5.74) is 2.35. The van der Waals surface area contributed by atoms with Gasteiger partial charge in [0, 0.05) is 11.1 Å². The fourth-order valence-electron chi connectivity index (χ4n) is 2.65. The van der Waals surface area contributed by atoms with Gasteiger partial charge in [0.15, 0.2) is 5.82 Å². The average molecular weight is 340 g/mol. The van der Waals surface area contributed by atoms with Gasteiger partial charge in [-0.05, 0) is 24.3 Å². The molecule has 26 heavy (non-hydrogen) atoms. The lowest BCUT2D eigenvalue weighted by atomic mass is 10.2. The van der Waals surface area contributed by atoms with E-state index in [0.29, 0.717) is 11.4 Å². The van der Waals surface area contributed by atoms with Crippen molar-refractivity contribution < 1.29 is 4.79 Å². The Morgan fingerprint density at radius 2 is 1.35 bits per heavy atom. The highest BCUT2D eigenvalue weighted by Crippen LogP contribution is 2.22.